The SMILES string of the molecule is COC(=O)C(=O)C=C(O)c1ccccn1. The maximum Gasteiger partial charge on any atom is 0.378 e. The monoisotopic (exact) mass is 207 g/mol. The van der Waals surface area contributed by atoms with E-state index in [1.165, 1.54) is 12.3 Å². The van der Waals surface area contributed by atoms with Crippen molar-refractivity contribution >= 4 is 17.5 Å². The molecular formula is C10H9NO4. The van der Waals surface area contributed by atoms with Crippen molar-refractivity contribution in [3.05, 3.63) is 36.2 Å². The fourth-order valence-electron chi connectivity index (χ4n) is 0.872. The number of aromatic nitrogens is 1. The van der Waals surface area contributed by atoms with Gasteiger partial charge < -0.3 is 9.84 Å². The molecule has 1 N–H and O–H groups in total. The molecule has 0 aliphatic rings. The van der Waals surface area contributed by atoms with Crippen LogP contribution in [0.2, 0.25) is 0 Å². The van der Waals surface area contributed by atoms with Crippen molar-refractivity contribution in [2.75, 3.05) is 7.11 Å². The first-order chi connectivity index (χ1) is 7.15. The van der Waals surface area contributed by atoms with E-state index in [1.54, 1.807) is 12.1 Å². The highest BCUT2D eigenvalue weighted by Gasteiger charge is 2.12. The van der Waals surface area contributed by atoms with Crippen molar-refractivity contribution in [3.63, 3.8) is 0 Å². The van der Waals surface area contributed by atoms with E-state index in [9.17, 15) is 14.7 Å². The first-order valence-electron chi connectivity index (χ1n) is 4.09. The van der Waals surface area contributed by atoms with Gasteiger partial charge in [-0.3, -0.25) is 9.78 Å². The third-order valence-electron chi connectivity index (χ3n) is 1.58. The molecule has 0 fully saturated rings. The van der Waals surface area contributed by atoms with Crippen LogP contribution in [-0.4, -0.2) is 29.0 Å². The van der Waals surface area contributed by atoms with Gasteiger partial charge in [0.2, 0.25) is 0 Å². The average Bonchev–Trinajstić information content (AvgIpc) is 2.29. The van der Waals surface area contributed by atoms with Crippen molar-refractivity contribution < 1.29 is 19.4 Å². The van der Waals surface area contributed by atoms with Crippen LogP contribution in [0.5, 0.6) is 0 Å². The third kappa shape index (κ3) is 2.91. The summed E-state index contributed by atoms with van der Waals surface area (Å²) in [6, 6.07) is 4.82. The van der Waals surface area contributed by atoms with E-state index in [0.29, 0.717) is 0 Å². The molecule has 0 atom stereocenters. The van der Waals surface area contributed by atoms with E-state index < -0.39 is 11.8 Å². The lowest BCUT2D eigenvalue weighted by molar-refractivity contribution is -0.149. The number of nitrogens with zero attached hydrogens (tertiary/aromatic N) is 1. The van der Waals surface area contributed by atoms with Crippen molar-refractivity contribution in [2.45, 2.75) is 0 Å². The van der Waals surface area contributed by atoms with Gasteiger partial charge in [-0.25, -0.2) is 4.79 Å². The van der Waals surface area contributed by atoms with Crippen molar-refractivity contribution in [2.24, 2.45) is 0 Å². The minimum absolute atomic E-state index is 0.217. The van der Waals surface area contributed by atoms with Crippen LogP contribution in [0.4, 0.5) is 0 Å². The first-order valence-corrected chi connectivity index (χ1v) is 4.09. The van der Waals surface area contributed by atoms with Crippen molar-refractivity contribution in [1.29, 1.82) is 0 Å². The highest BCUT2D eigenvalue weighted by molar-refractivity contribution is 6.39. The fourth-order valence-corrected chi connectivity index (χ4v) is 0.872. The maximum atomic E-state index is 11.0. The van der Waals surface area contributed by atoms with Crippen LogP contribution in [0.15, 0.2) is 30.5 Å². The Balaban J connectivity index is 2.86. The number of ketones is 1. The van der Waals surface area contributed by atoms with Crippen LogP contribution in [-0.2, 0) is 14.3 Å². The number of pyridine rings is 1. The topological polar surface area (TPSA) is 76.5 Å². The number of rotatable bonds is 3. The summed E-state index contributed by atoms with van der Waals surface area (Å²) < 4.78 is 4.18. The molecule has 1 heterocycles. The molecule has 15 heavy (non-hydrogen) atoms. The van der Waals surface area contributed by atoms with Gasteiger partial charge in [0.05, 0.1) is 7.11 Å². The van der Waals surface area contributed by atoms with E-state index in [4.69, 9.17) is 0 Å². The van der Waals surface area contributed by atoms with Gasteiger partial charge >= 0.3 is 5.97 Å². The van der Waals surface area contributed by atoms with Gasteiger partial charge in [0.15, 0.2) is 0 Å². The van der Waals surface area contributed by atoms with Crippen LogP contribution >= 0.6 is 0 Å². The van der Waals surface area contributed by atoms with Gasteiger partial charge in [-0.15, -0.1) is 0 Å². The van der Waals surface area contributed by atoms with Crippen molar-refractivity contribution in [1.82, 2.24) is 4.98 Å². The Morgan fingerprint density at radius 1 is 1.47 bits per heavy atom. The standard InChI is InChI=1S/C10H9NO4/c1-15-10(14)9(13)6-8(12)7-4-2-3-5-11-7/h2-6,12H,1H3. The molecule has 5 nitrogen and oxygen atoms in total. The lowest BCUT2D eigenvalue weighted by Crippen LogP contribution is -2.13. The van der Waals surface area contributed by atoms with Crippen LogP contribution in [0, 0.1) is 0 Å². The molecular weight excluding hydrogens is 198 g/mol. The van der Waals surface area contributed by atoms with E-state index in [1.807, 2.05) is 0 Å². The van der Waals surface area contributed by atoms with Crippen LogP contribution in [0.1, 0.15) is 5.69 Å². The molecule has 0 aromatic carbocycles. The van der Waals surface area contributed by atoms with E-state index >= 15 is 0 Å². The van der Waals surface area contributed by atoms with Gasteiger partial charge in [0.25, 0.3) is 5.78 Å². The average molecular weight is 207 g/mol. The van der Waals surface area contributed by atoms with Crippen LogP contribution < -0.4 is 0 Å². The molecule has 1 rings (SSSR count). The summed E-state index contributed by atoms with van der Waals surface area (Å²) >= 11 is 0. The van der Waals surface area contributed by atoms with Crippen LogP contribution in [0.25, 0.3) is 5.76 Å². The summed E-state index contributed by atoms with van der Waals surface area (Å²) in [6.07, 6.45) is 2.23. The normalized spacial score (nSPS) is 10.9. The highest BCUT2D eigenvalue weighted by atomic mass is 16.5. The van der Waals surface area contributed by atoms with Gasteiger partial charge in [-0.1, -0.05) is 6.07 Å². The summed E-state index contributed by atoms with van der Waals surface area (Å²) in [5, 5.41) is 9.41. The summed E-state index contributed by atoms with van der Waals surface area (Å²) in [7, 11) is 1.09. The Kier molecular flexibility index (Phi) is 3.56. The molecule has 0 bridgehead atoms. The van der Waals surface area contributed by atoms with E-state index in [-0.39, 0.29) is 11.5 Å². The first kappa shape index (κ1) is 10.9. The molecule has 0 spiro atoms. The fraction of sp³-hybridized carbons (Fsp3) is 0.100. The van der Waals surface area contributed by atoms with E-state index in [0.717, 1.165) is 13.2 Å². The molecule has 1 aromatic rings. The number of carbonyl (C=O) groups is 2. The zero-order valence-corrected chi connectivity index (χ0v) is 8.01. The molecule has 1 aromatic heterocycles. The highest BCUT2D eigenvalue weighted by Crippen LogP contribution is 2.06. The molecule has 0 saturated heterocycles. The number of carbonyl (C=O) groups excluding carboxylic acids is 2. The second kappa shape index (κ2) is 4.90. The van der Waals surface area contributed by atoms with Gasteiger partial charge in [0.1, 0.15) is 11.5 Å². The number of aliphatic hydroxyl groups excluding tert-OH is 1. The number of hydrogen-bond acceptors (Lipinski definition) is 5. The lowest BCUT2D eigenvalue weighted by Gasteiger charge is -1.97. The maximum absolute atomic E-state index is 11.0. The zero-order chi connectivity index (χ0) is 11.3. The third-order valence-corrected chi connectivity index (χ3v) is 1.58. The molecule has 0 unspecified atom stereocenters. The lowest BCUT2D eigenvalue weighted by atomic mass is 10.2. The number of esters is 1. The zero-order valence-electron chi connectivity index (χ0n) is 8.01. The number of aliphatic hydroxyl groups is 1. The summed E-state index contributed by atoms with van der Waals surface area (Å²) in [5.41, 5.74) is 0.217. The van der Waals surface area contributed by atoms with Crippen molar-refractivity contribution in [3.8, 4) is 0 Å². The Morgan fingerprint density at radius 3 is 2.73 bits per heavy atom. The quantitative estimate of drug-likeness (QED) is 0.342. The summed E-state index contributed by atoms with van der Waals surface area (Å²) in [4.78, 5) is 25.5. The number of methoxy groups -OCH3 is 1. The second-order valence-electron chi connectivity index (χ2n) is 2.60. The molecule has 0 saturated carbocycles. The predicted octanol–water partition coefficient (Wildman–Crippen LogP) is 0.723. The van der Waals surface area contributed by atoms with Gasteiger partial charge in [-0.05, 0) is 12.1 Å². The second-order valence-corrected chi connectivity index (χ2v) is 2.60. The Labute approximate surface area is 86.0 Å². The largest absolute Gasteiger partial charge is 0.506 e. The smallest absolute Gasteiger partial charge is 0.378 e. The Morgan fingerprint density at radius 2 is 2.20 bits per heavy atom. The summed E-state index contributed by atoms with van der Waals surface area (Å²) in [5.74, 6) is -2.33. The number of hydrogen-bond donors (Lipinski definition) is 1. The van der Waals surface area contributed by atoms with Gasteiger partial charge in [0, 0.05) is 12.3 Å². The minimum atomic E-state index is -1.03. The number of ether oxygens (including phenoxy) is 1. The molecule has 0 aliphatic heterocycles. The Hall–Kier alpha value is -2.17. The minimum Gasteiger partial charge on any atom is -0.506 e. The molecule has 0 radical (unpaired) electrons. The Bertz CT molecular complexity index is 397. The molecule has 0 amide bonds. The summed E-state index contributed by atoms with van der Waals surface area (Å²) in [6.45, 7) is 0. The van der Waals surface area contributed by atoms with Gasteiger partial charge in [-0.2, -0.15) is 0 Å². The molecule has 5 heteroatoms. The molecule has 78 valence electrons. The predicted molar refractivity (Wildman–Crippen MR) is 51.9 cm³/mol. The van der Waals surface area contributed by atoms with Crippen LogP contribution in [0.3, 0.4) is 0 Å². The molecule has 0 aliphatic carbocycles. The van der Waals surface area contributed by atoms with E-state index in [2.05, 4.69) is 9.72 Å².